The number of hydrogen-bond donors (Lipinski definition) is 2. The molecule has 2 N–H and O–H groups in total. The van der Waals surface area contributed by atoms with Crippen molar-refractivity contribution in [3.05, 3.63) is 142 Å². The van der Waals surface area contributed by atoms with E-state index in [1.54, 1.807) is 0 Å². The molecule has 2 aliphatic rings. The summed E-state index contributed by atoms with van der Waals surface area (Å²) < 4.78 is 3.88. The Labute approximate surface area is 367 Å². The number of rotatable bonds is 9. The normalized spacial score (nSPS) is 17.7. The van der Waals surface area contributed by atoms with Gasteiger partial charge in [-0.1, -0.05) is 107 Å². The van der Waals surface area contributed by atoms with E-state index in [2.05, 4.69) is 116 Å². The molecule has 0 amide bonds. The lowest BCUT2D eigenvalue weighted by Gasteiger charge is -2.45. The Morgan fingerprint density at radius 3 is 1.50 bits per heavy atom. The molecule has 2 saturated heterocycles. The monoisotopic (exact) mass is 842 g/mol. The predicted molar refractivity (Wildman–Crippen MR) is 249 cm³/mol. The molecule has 2 fully saturated rings. The molecular formula is C51H51ClN8O2. The number of halogens is 1. The molecule has 6 heterocycles. The molecule has 0 aliphatic carbocycles. The minimum absolute atomic E-state index is 0.424. The molecule has 314 valence electrons. The molecule has 8 aromatic rings. The first-order valence-corrected chi connectivity index (χ1v) is 22.0. The summed E-state index contributed by atoms with van der Waals surface area (Å²) in [7, 11) is 0. The SMILES string of the molecule is Cc1ccc(-c2c(C)nn3c(-c4cccc(C)c4)cc(N4CCCC4C(O)(CO)C4CCCN4c4cc(-c5cccc(Cl)c5)n5nc(C)c(-c6ccc(C)cc6)c5n4)nc23)cc1. The molecule has 0 bridgehead atoms. The second-order valence-electron chi connectivity index (χ2n) is 17.4. The number of aliphatic hydroxyl groups is 2. The third-order valence-corrected chi connectivity index (χ3v) is 13.4. The highest BCUT2D eigenvalue weighted by molar-refractivity contribution is 6.30. The summed E-state index contributed by atoms with van der Waals surface area (Å²) in [5, 5.41) is 35.5. The molecule has 11 heteroatoms. The number of hydrogen-bond acceptors (Lipinski definition) is 8. The second-order valence-corrected chi connectivity index (χ2v) is 17.8. The van der Waals surface area contributed by atoms with Gasteiger partial charge in [0.2, 0.25) is 0 Å². The van der Waals surface area contributed by atoms with Crippen LogP contribution in [0.5, 0.6) is 0 Å². The lowest BCUT2D eigenvalue weighted by atomic mass is 9.83. The first-order valence-electron chi connectivity index (χ1n) is 21.6. The van der Waals surface area contributed by atoms with E-state index in [4.69, 9.17) is 31.8 Å². The van der Waals surface area contributed by atoms with Crippen LogP contribution in [-0.4, -0.2) is 76.8 Å². The summed E-state index contributed by atoms with van der Waals surface area (Å²) in [6.07, 6.45) is 3.05. The molecule has 4 aromatic carbocycles. The van der Waals surface area contributed by atoms with Gasteiger partial charge >= 0.3 is 0 Å². The average molecular weight is 843 g/mol. The fourth-order valence-corrected chi connectivity index (χ4v) is 10.2. The average Bonchev–Trinajstić information content (AvgIpc) is 4.09. The highest BCUT2D eigenvalue weighted by atomic mass is 35.5. The minimum atomic E-state index is -1.53. The third kappa shape index (κ3) is 6.81. The van der Waals surface area contributed by atoms with Crippen molar-refractivity contribution in [2.75, 3.05) is 29.5 Å². The van der Waals surface area contributed by atoms with E-state index >= 15 is 0 Å². The minimum Gasteiger partial charge on any atom is -0.393 e. The number of fused-ring (bicyclic) bond motifs is 2. The highest BCUT2D eigenvalue weighted by Gasteiger charge is 2.52. The second kappa shape index (κ2) is 15.7. The van der Waals surface area contributed by atoms with Crippen LogP contribution in [0.2, 0.25) is 5.02 Å². The molecular weight excluding hydrogens is 792 g/mol. The first-order chi connectivity index (χ1) is 30.0. The van der Waals surface area contributed by atoms with Gasteiger partial charge in [0.25, 0.3) is 0 Å². The Balaban J connectivity index is 1.10. The predicted octanol–water partition coefficient (Wildman–Crippen LogP) is 10.00. The largest absolute Gasteiger partial charge is 0.393 e. The zero-order valence-electron chi connectivity index (χ0n) is 35.8. The van der Waals surface area contributed by atoms with Crippen LogP contribution in [0.4, 0.5) is 11.6 Å². The van der Waals surface area contributed by atoms with E-state index in [-0.39, 0.29) is 0 Å². The summed E-state index contributed by atoms with van der Waals surface area (Å²) in [6, 6.07) is 36.5. The van der Waals surface area contributed by atoms with Crippen molar-refractivity contribution >= 4 is 34.5 Å². The fraction of sp³-hybridized carbons (Fsp3) is 0.294. The number of aromatic nitrogens is 6. The Bertz CT molecular complexity index is 2780. The molecule has 10 nitrogen and oxygen atoms in total. The molecule has 0 radical (unpaired) electrons. The van der Waals surface area contributed by atoms with Gasteiger partial charge < -0.3 is 20.0 Å². The number of benzene rings is 4. The van der Waals surface area contributed by atoms with Gasteiger partial charge in [0, 0.05) is 52.5 Å². The topological polar surface area (TPSA) is 107 Å². The molecule has 4 aromatic heterocycles. The van der Waals surface area contributed by atoms with Crippen molar-refractivity contribution in [2.45, 2.75) is 78.0 Å². The van der Waals surface area contributed by atoms with Crippen molar-refractivity contribution < 1.29 is 10.2 Å². The smallest absolute Gasteiger partial charge is 0.166 e. The van der Waals surface area contributed by atoms with E-state index in [0.717, 1.165) is 97.5 Å². The van der Waals surface area contributed by atoms with Gasteiger partial charge in [-0.3, -0.25) is 0 Å². The van der Waals surface area contributed by atoms with Gasteiger partial charge in [-0.2, -0.15) is 10.2 Å². The van der Waals surface area contributed by atoms with Crippen LogP contribution in [-0.2, 0) is 0 Å². The van der Waals surface area contributed by atoms with Crippen LogP contribution in [0.25, 0.3) is 56.1 Å². The summed E-state index contributed by atoms with van der Waals surface area (Å²) in [4.78, 5) is 15.2. The Morgan fingerprint density at radius 1 is 0.581 bits per heavy atom. The van der Waals surface area contributed by atoms with Crippen LogP contribution in [0.1, 0.15) is 53.8 Å². The zero-order chi connectivity index (χ0) is 42.9. The Kier molecular flexibility index (Phi) is 10.1. The van der Waals surface area contributed by atoms with Crippen molar-refractivity contribution in [2.24, 2.45) is 0 Å². The molecule has 10 rings (SSSR count). The number of aryl methyl sites for hydroxylation is 5. The summed E-state index contributed by atoms with van der Waals surface area (Å²) in [5.41, 5.74) is 12.9. The van der Waals surface area contributed by atoms with Gasteiger partial charge in [0.15, 0.2) is 11.3 Å². The summed E-state index contributed by atoms with van der Waals surface area (Å²) in [6.45, 7) is 11.3. The molecule has 2 aliphatic heterocycles. The van der Waals surface area contributed by atoms with Crippen molar-refractivity contribution in [1.29, 1.82) is 0 Å². The maximum absolute atomic E-state index is 13.2. The van der Waals surface area contributed by atoms with E-state index in [1.165, 1.54) is 11.1 Å². The van der Waals surface area contributed by atoms with E-state index in [0.29, 0.717) is 31.0 Å². The van der Waals surface area contributed by atoms with Crippen molar-refractivity contribution in [3.8, 4) is 44.8 Å². The van der Waals surface area contributed by atoms with Crippen molar-refractivity contribution in [1.82, 2.24) is 29.2 Å². The van der Waals surface area contributed by atoms with Crippen LogP contribution >= 0.6 is 11.6 Å². The zero-order valence-corrected chi connectivity index (χ0v) is 36.6. The van der Waals surface area contributed by atoms with Gasteiger partial charge in [-0.25, -0.2) is 19.0 Å². The third-order valence-electron chi connectivity index (χ3n) is 13.1. The lowest BCUT2D eigenvalue weighted by Crippen LogP contribution is -2.63. The molecule has 3 unspecified atom stereocenters. The molecule has 3 atom stereocenters. The Morgan fingerprint density at radius 2 is 1.05 bits per heavy atom. The van der Waals surface area contributed by atoms with Gasteiger partial charge in [0.05, 0.1) is 41.5 Å². The van der Waals surface area contributed by atoms with E-state index < -0.39 is 24.3 Å². The molecule has 0 spiro atoms. The van der Waals surface area contributed by atoms with Crippen molar-refractivity contribution in [3.63, 3.8) is 0 Å². The first kappa shape index (κ1) is 40.0. The maximum atomic E-state index is 13.2. The molecule has 62 heavy (non-hydrogen) atoms. The van der Waals surface area contributed by atoms with E-state index in [9.17, 15) is 10.2 Å². The summed E-state index contributed by atoms with van der Waals surface area (Å²) >= 11 is 6.60. The van der Waals surface area contributed by atoms with E-state index in [1.807, 2.05) is 47.1 Å². The quantitative estimate of drug-likeness (QED) is 0.148. The standard InChI is InChI=1S/C51H51ClN8O2/c1-31-16-20-36(21-17-31)47-34(4)55-59-41(38-11-6-10-33(3)26-38)28-45(53-49(47)59)57-24-8-14-43(57)51(62,30-61)44-15-9-25-58(44)46-29-42(39-12-7-13-40(52)27-39)60-50(54-46)48(35(5)56-60)37-22-18-32(2)19-23-37/h6-7,10-13,16-23,26-29,43-44,61-62H,8-9,14-15,24-25,30H2,1-5H3. The van der Waals surface area contributed by atoms with Crippen LogP contribution in [0.3, 0.4) is 0 Å². The maximum Gasteiger partial charge on any atom is 0.166 e. The van der Waals surface area contributed by atoms with Gasteiger partial charge in [-0.05, 0) is 89.6 Å². The van der Waals surface area contributed by atoms with Gasteiger partial charge in [0.1, 0.15) is 17.2 Å². The summed E-state index contributed by atoms with van der Waals surface area (Å²) in [5.74, 6) is 1.47. The van der Waals surface area contributed by atoms with Crippen LogP contribution < -0.4 is 9.80 Å². The van der Waals surface area contributed by atoms with Crippen LogP contribution in [0.15, 0.2) is 109 Å². The molecule has 0 saturated carbocycles. The van der Waals surface area contributed by atoms with Crippen LogP contribution in [0, 0.1) is 34.6 Å². The lowest BCUT2D eigenvalue weighted by molar-refractivity contribution is -0.0524. The highest BCUT2D eigenvalue weighted by Crippen LogP contribution is 2.43. The number of aliphatic hydroxyl groups excluding tert-OH is 1. The Hall–Kier alpha value is -6.07. The van der Waals surface area contributed by atoms with Gasteiger partial charge in [-0.15, -0.1) is 0 Å². The fourth-order valence-electron chi connectivity index (χ4n) is 10.0. The number of anilines is 2. The number of nitrogens with zero attached hydrogens (tertiary/aromatic N) is 8.